The molecule has 19 heavy (non-hydrogen) atoms. The molecule has 0 spiro atoms. The first-order valence-electron chi connectivity index (χ1n) is 5.88. The Hall–Kier alpha value is -2.01. The van der Waals surface area contributed by atoms with Crippen molar-refractivity contribution in [1.82, 2.24) is 10.2 Å². The molecule has 0 aliphatic carbocycles. The summed E-state index contributed by atoms with van der Waals surface area (Å²) in [6.45, 7) is 1.02. The number of nitrogens with zero attached hydrogens (tertiary/aromatic N) is 1. The van der Waals surface area contributed by atoms with E-state index in [1.165, 1.54) is 4.90 Å². The molecule has 1 aromatic heterocycles. The molecule has 1 saturated heterocycles. The molecule has 1 fully saturated rings. The van der Waals surface area contributed by atoms with Crippen molar-refractivity contribution in [3.63, 3.8) is 0 Å². The molecule has 1 aromatic carbocycles. The Morgan fingerprint density at radius 2 is 2.21 bits per heavy atom. The number of hydrogen-bond donors (Lipinski definition) is 1. The molecule has 0 saturated carbocycles. The molecule has 3 rings (SSSR count). The largest absolute Gasteiger partial charge is 0.451 e. The van der Waals surface area contributed by atoms with Crippen LogP contribution in [-0.4, -0.2) is 36.3 Å². The zero-order valence-corrected chi connectivity index (χ0v) is 10.7. The van der Waals surface area contributed by atoms with Crippen LogP contribution in [0.4, 0.5) is 0 Å². The number of carbonyl (C=O) groups excluding carboxylic acids is 2. The van der Waals surface area contributed by atoms with Crippen LogP contribution >= 0.6 is 11.6 Å². The highest BCUT2D eigenvalue weighted by molar-refractivity contribution is 6.31. The van der Waals surface area contributed by atoms with Crippen molar-refractivity contribution in [3.8, 4) is 0 Å². The zero-order valence-electron chi connectivity index (χ0n) is 9.98. The highest BCUT2D eigenvalue weighted by atomic mass is 35.5. The maximum atomic E-state index is 12.2. The van der Waals surface area contributed by atoms with Gasteiger partial charge in [-0.3, -0.25) is 9.59 Å². The van der Waals surface area contributed by atoms with Gasteiger partial charge < -0.3 is 14.6 Å². The summed E-state index contributed by atoms with van der Waals surface area (Å²) < 4.78 is 5.49. The van der Waals surface area contributed by atoms with E-state index in [-0.39, 0.29) is 24.1 Å². The molecule has 2 amide bonds. The lowest BCUT2D eigenvalue weighted by Gasteiger charge is -2.25. The monoisotopic (exact) mass is 278 g/mol. The Morgan fingerprint density at radius 1 is 1.37 bits per heavy atom. The molecule has 1 aliphatic heterocycles. The number of amides is 2. The van der Waals surface area contributed by atoms with Crippen LogP contribution in [0.25, 0.3) is 11.0 Å². The first kappa shape index (κ1) is 12.0. The van der Waals surface area contributed by atoms with Gasteiger partial charge in [-0.25, -0.2) is 0 Å². The van der Waals surface area contributed by atoms with Gasteiger partial charge in [0, 0.05) is 23.5 Å². The van der Waals surface area contributed by atoms with Crippen LogP contribution in [0, 0.1) is 0 Å². The molecule has 0 bridgehead atoms. The van der Waals surface area contributed by atoms with Crippen molar-refractivity contribution >= 4 is 34.4 Å². The van der Waals surface area contributed by atoms with Gasteiger partial charge in [0.2, 0.25) is 5.91 Å². The SMILES string of the molecule is O=C1CN(C(=O)c2cc3cc(Cl)ccc3o2)CCN1. The molecule has 0 radical (unpaired) electrons. The van der Waals surface area contributed by atoms with Crippen LogP contribution in [-0.2, 0) is 4.79 Å². The van der Waals surface area contributed by atoms with Gasteiger partial charge in [0.25, 0.3) is 5.91 Å². The predicted molar refractivity (Wildman–Crippen MR) is 70.1 cm³/mol. The summed E-state index contributed by atoms with van der Waals surface area (Å²) in [7, 11) is 0. The van der Waals surface area contributed by atoms with Crippen LogP contribution in [0.2, 0.25) is 5.02 Å². The summed E-state index contributed by atoms with van der Waals surface area (Å²) >= 11 is 5.89. The Balaban J connectivity index is 1.90. The second kappa shape index (κ2) is 4.59. The van der Waals surface area contributed by atoms with E-state index in [9.17, 15) is 9.59 Å². The molecule has 98 valence electrons. The number of hydrogen-bond acceptors (Lipinski definition) is 3. The lowest BCUT2D eigenvalue weighted by atomic mass is 10.2. The second-order valence-corrected chi connectivity index (χ2v) is 4.81. The van der Waals surface area contributed by atoms with Gasteiger partial charge in [0.05, 0.1) is 0 Å². The molecule has 0 atom stereocenters. The smallest absolute Gasteiger partial charge is 0.290 e. The van der Waals surface area contributed by atoms with Crippen molar-refractivity contribution in [2.24, 2.45) is 0 Å². The number of halogens is 1. The number of carbonyl (C=O) groups is 2. The van der Waals surface area contributed by atoms with Gasteiger partial charge in [0.15, 0.2) is 5.76 Å². The van der Waals surface area contributed by atoms with E-state index in [1.54, 1.807) is 24.3 Å². The molecule has 2 aromatic rings. The molecular weight excluding hydrogens is 268 g/mol. The van der Waals surface area contributed by atoms with E-state index >= 15 is 0 Å². The second-order valence-electron chi connectivity index (χ2n) is 4.37. The average molecular weight is 279 g/mol. The highest BCUT2D eigenvalue weighted by Crippen LogP contribution is 2.23. The maximum absolute atomic E-state index is 12.2. The summed E-state index contributed by atoms with van der Waals surface area (Å²) in [4.78, 5) is 25.0. The number of piperazine rings is 1. The van der Waals surface area contributed by atoms with Crippen LogP contribution in [0.5, 0.6) is 0 Å². The van der Waals surface area contributed by atoms with Crippen molar-refractivity contribution < 1.29 is 14.0 Å². The van der Waals surface area contributed by atoms with E-state index in [1.807, 2.05) is 0 Å². The molecule has 0 unspecified atom stereocenters. The number of fused-ring (bicyclic) bond motifs is 1. The first-order chi connectivity index (χ1) is 9.13. The summed E-state index contributed by atoms with van der Waals surface area (Å²) in [6.07, 6.45) is 0. The highest BCUT2D eigenvalue weighted by Gasteiger charge is 2.24. The number of benzene rings is 1. The zero-order chi connectivity index (χ0) is 13.4. The lowest BCUT2D eigenvalue weighted by molar-refractivity contribution is -0.123. The van der Waals surface area contributed by atoms with Crippen molar-refractivity contribution in [1.29, 1.82) is 0 Å². The Morgan fingerprint density at radius 3 is 3.00 bits per heavy atom. The summed E-state index contributed by atoms with van der Waals surface area (Å²) in [5, 5.41) is 4.03. The van der Waals surface area contributed by atoms with Gasteiger partial charge in [-0.05, 0) is 24.3 Å². The third kappa shape index (κ3) is 2.29. The Bertz CT molecular complexity index is 665. The molecule has 5 nitrogen and oxygen atoms in total. The first-order valence-corrected chi connectivity index (χ1v) is 6.26. The topological polar surface area (TPSA) is 62.6 Å². The fourth-order valence-corrected chi connectivity index (χ4v) is 2.27. The minimum atomic E-state index is -0.276. The third-order valence-electron chi connectivity index (χ3n) is 3.01. The quantitative estimate of drug-likeness (QED) is 0.863. The number of nitrogens with one attached hydrogen (secondary N) is 1. The van der Waals surface area contributed by atoms with Gasteiger partial charge >= 0.3 is 0 Å². The molecule has 1 N–H and O–H groups in total. The molecule has 2 heterocycles. The van der Waals surface area contributed by atoms with E-state index in [0.29, 0.717) is 23.7 Å². The molecular formula is C13H11ClN2O3. The molecule has 1 aliphatic rings. The fourth-order valence-electron chi connectivity index (χ4n) is 2.09. The van der Waals surface area contributed by atoms with Crippen LogP contribution in [0.15, 0.2) is 28.7 Å². The summed E-state index contributed by atoms with van der Waals surface area (Å²) in [5.74, 6) is -0.201. The lowest BCUT2D eigenvalue weighted by Crippen LogP contribution is -2.49. The minimum Gasteiger partial charge on any atom is -0.451 e. The summed E-state index contributed by atoms with van der Waals surface area (Å²) in [6, 6.07) is 6.81. The van der Waals surface area contributed by atoms with Gasteiger partial charge in [-0.2, -0.15) is 0 Å². The van der Waals surface area contributed by atoms with E-state index in [4.69, 9.17) is 16.0 Å². The predicted octanol–water partition coefficient (Wildman–Crippen LogP) is 1.66. The van der Waals surface area contributed by atoms with Gasteiger partial charge in [-0.15, -0.1) is 0 Å². The number of furan rings is 1. The van der Waals surface area contributed by atoms with Crippen LogP contribution < -0.4 is 5.32 Å². The third-order valence-corrected chi connectivity index (χ3v) is 3.25. The van der Waals surface area contributed by atoms with E-state index in [0.717, 1.165) is 5.39 Å². The van der Waals surface area contributed by atoms with E-state index in [2.05, 4.69) is 5.32 Å². The van der Waals surface area contributed by atoms with Crippen molar-refractivity contribution in [3.05, 3.63) is 35.0 Å². The van der Waals surface area contributed by atoms with Crippen molar-refractivity contribution in [2.75, 3.05) is 19.6 Å². The van der Waals surface area contributed by atoms with E-state index < -0.39 is 0 Å². The molecule has 6 heteroatoms. The normalized spacial score (nSPS) is 15.6. The number of rotatable bonds is 1. The Kier molecular flexibility index (Phi) is 2.91. The van der Waals surface area contributed by atoms with Crippen LogP contribution in [0.3, 0.4) is 0 Å². The van der Waals surface area contributed by atoms with Gasteiger partial charge in [0.1, 0.15) is 12.1 Å². The standard InChI is InChI=1S/C13H11ClN2O3/c14-9-1-2-10-8(5-9)6-11(19-10)13(18)16-4-3-15-12(17)7-16/h1-2,5-6H,3-4,7H2,(H,15,17). The Labute approximate surface area is 114 Å². The minimum absolute atomic E-state index is 0.0661. The maximum Gasteiger partial charge on any atom is 0.290 e. The van der Waals surface area contributed by atoms with Crippen molar-refractivity contribution in [2.45, 2.75) is 0 Å². The summed E-state index contributed by atoms with van der Waals surface area (Å²) in [5.41, 5.74) is 0.606. The van der Waals surface area contributed by atoms with Gasteiger partial charge in [-0.1, -0.05) is 11.6 Å². The van der Waals surface area contributed by atoms with Crippen LogP contribution in [0.1, 0.15) is 10.6 Å². The fraction of sp³-hybridized carbons (Fsp3) is 0.231. The average Bonchev–Trinajstić information content (AvgIpc) is 2.80.